The summed E-state index contributed by atoms with van der Waals surface area (Å²) >= 11 is 0. The molecule has 1 N–H and O–H groups in total. The molecule has 0 bridgehead atoms. The van der Waals surface area contributed by atoms with Gasteiger partial charge in [0.05, 0.1) is 27.4 Å². The summed E-state index contributed by atoms with van der Waals surface area (Å²) in [6, 6.07) is 2.20. The van der Waals surface area contributed by atoms with Gasteiger partial charge in [-0.1, -0.05) is 0 Å². The van der Waals surface area contributed by atoms with E-state index in [0.29, 0.717) is 49.0 Å². The Morgan fingerprint density at radius 1 is 0.958 bits per heavy atom. The van der Waals surface area contributed by atoms with Gasteiger partial charge in [-0.25, -0.2) is 8.78 Å². The second kappa shape index (κ2) is 10.8. The third-order valence-electron chi connectivity index (χ3n) is 3.81. The number of benzene rings is 1. The number of nitrogens with one attached hydrogen (secondary N) is 1. The largest absolute Gasteiger partial charge is 0.493 e. The Morgan fingerprint density at radius 3 is 1.83 bits per heavy atom. The van der Waals surface area contributed by atoms with Gasteiger partial charge in [-0.2, -0.15) is 0 Å². The van der Waals surface area contributed by atoms with E-state index in [-0.39, 0.29) is 24.8 Å². The predicted octanol–water partition coefficient (Wildman–Crippen LogP) is 2.77. The first kappa shape index (κ1) is 23.0. The number of nitrogens with zero attached hydrogens (tertiary/aromatic N) is 1. The summed E-state index contributed by atoms with van der Waals surface area (Å²) in [5.74, 6) is 1.18. The lowest BCUT2D eigenvalue weighted by Gasteiger charge is -2.35. The van der Waals surface area contributed by atoms with Crippen LogP contribution in [0.2, 0.25) is 0 Å². The van der Waals surface area contributed by atoms with Gasteiger partial charge in [0.2, 0.25) is 5.75 Å². The van der Waals surface area contributed by atoms with Crippen molar-refractivity contribution >= 4 is 24.8 Å². The fourth-order valence-corrected chi connectivity index (χ4v) is 2.75. The van der Waals surface area contributed by atoms with Crippen LogP contribution in [0.15, 0.2) is 12.1 Å². The summed E-state index contributed by atoms with van der Waals surface area (Å²) < 4.78 is 43.0. The van der Waals surface area contributed by atoms with Gasteiger partial charge in [-0.05, 0) is 17.7 Å². The van der Waals surface area contributed by atoms with Gasteiger partial charge in [0.15, 0.2) is 11.5 Å². The summed E-state index contributed by atoms with van der Waals surface area (Å²) in [4.78, 5) is 1.78. The SMILES string of the molecule is COc1cc([C@H](C(F)F)N2CCNCC2)cc(OC)c1OC.Cl.Cl. The van der Waals surface area contributed by atoms with E-state index in [1.807, 2.05) is 0 Å². The van der Waals surface area contributed by atoms with Crippen LogP contribution in [0.1, 0.15) is 11.6 Å². The minimum atomic E-state index is -2.50. The van der Waals surface area contributed by atoms with Crippen LogP contribution >= 0.6 is 24.8 Å². The highest BCUT2D eigenvalue weighted by atomic mass is 35.5. The normalized spacial score (nSPS) is 15.9. The quantitative estimate of drug-likeness (QED) is 0.811. The molecule has 0 spiro atoms. The second-order valence-electron chi connectivity index (χ2n) is 5.02. The van der Waals surface area contributed by atoms with Gasteiger partial charge in [-0.3, -0.25) is 4.90 Å². The first-order valence-electron chi connectivity index (χ1n) is 7.15. The maximum Gasteiger partial charge on any atom is 0.258 e. The number of hydrogen-bond donors (Lipinski definition) is 1. The first-order chi connectivity index (χ1) is 10.6. The van der Waals surface area contributed by atoms with Gasteiger partial charge >= 0.3 is 0 Å². The molecule has 1 aliphatic rings. The number of piperazine rings is 1. The van der Waals surface area contributed by atoms with Crippen LogP contribution in [0.3, 0.4) is 0 Å². The molecule has 0 saturated carbocycles. The van der Waals surface area contributed by atoms with Crippen LogP contribution in [0.25, 0.3) is 0 Å². The minimum absolute atomic E-state index is 0. The van der Waals surface area contributed by atoms with Crippen molar-refractivity contribution in [3.63, 3.8) is 0 Å². The van der Waals surface area contributed by atoms with Gasteiger partial charge < -0.3 is 19.5 Å². The molecule has 0 amide bonds. The average Bonchev–Trinajstić information content (AvgIpc) is 2.54. The molecule has 0 unspecified atom stereocenters. The molecule has 1 aromatic rings. The van der Waals surface area contributed by atoms with Crippen molar-refractivity contribution < 1.29 is 23.0 Å². The van der Waals surface area contributed by atoms with Gasteiger partial charge in [0.25, 0.3) is 6.43 Å². The lowest BCUT2D eigenvalue weighted by atomic mass is 10.0. The monoisotopic (exact) mass is 388 g/mol. The number of rotatable bonds is 6. The summed E-state index contributed by atoms with van der Waals surface area (Å²) in [6.45, 7) is 2.55. The average molecular weight is 389 g/mol. The molecule has 140 valence electrons. The fourth-order valence-electron chi connectivity index (χ4n) is 2.75. The zero-order valence-electron chi connectivity index (χ0n) is 13.9. The maximum atomic E-state index is 13.6. The first-order valence-corrected chi connectivity index (χ1v) is 7.15. The van der Waals surface area contributed by atoms with E-state index < -0.39 is 12.5 Å². The van der Waals surface area contributed by atoms with Crippen molar-refractivity contribution in [1.29, 1.82) is 0 Å². The zero-order chi connectivity index (χ0) is 16.1. The van der Waals surface area contributed by atoms with Gasteiger partial charge in [-0.15, -0.1) is 24.8 Å². The Bertz CT molecular complexity index is 479. The third kappa shape index (κ3) is 4.99. The molecule has 0 aromatic heterocycles. The van der Waals surface area contributed by atoms with Crippen molar-refractivity contribution in [3.05, 3.63) is 17.7 Å². The van der Waals surface area contributed by atoms with Crippen LogP contribution in [0.4, 0.5) is 8.78 Å². The summed E-state index contributed by atoms with van der Waals surface area (Å²) in [6.07, 6.45) is -2.50. The molecule has 1 heterocycles. The molecule has 24 heavy (non-hydrogen) atoms. The molecule has 9 heteroatoms. The molecular weight excluding hydrogens is 365 g/mol. The van der Waals surface area contributed by atoms with Gasteiger partial charge in [0.1, 0.15) is 0 Å². The zero-order valence-corrected chi connectivity index (χ0v) is 15.5. The Hall–Kier alpha value is -1.02. The van der Waals surface area contributed by atoms with E-state index in [2.05, 4.69) is 5.32 Å². The summed E-state index contributed by atoms with van der Waals surface area (Å²) in [5, 5.41) is 3.17. The smallest absolute Gasteiger partial charge is 0.258 e. The molecule has 1 aliphatic heterocycles. The van der Waals surface area contributed by atoms with Gasteiger partial charge in [0, 0.05) is 26.2 Å². The number of halogens is 4. The number of alkyl halides is 2. The Labute approximate surface area is 153 Å². The minimum Gasteiger partial charge on any atom is -0.493 e. The van der Waals surface area contributed by atoms with E-state index in [1.165, 1.54) is 21.3 Å². The van der Waals surface area contributed by atoms with Crippen LogP contribution < -0.4 is 19.5 Å². The topological polar surface area (TPSA) is 43.0 Å². The predicted molar refractivity (Wildman–Crippen MR) is 93.8 cm³/mol. The molecule has 1 aromatic carbocycles. The Morgan fingerprint density at radius 2 is 1.46 bits per heavy atom. The molecule has 1 saturated heterocycles. The summed E-state index contributed by atoms with van der Waals surface area (Å²) in [5.41, 5.74) is 0.464. The van der Waals surface area contributed by atoms with E-state index >= 15 is 0 Å². The third-order valence-corrected chi connectivity index (χ3v) is 3.81. The molecule has 2 rings (SSSR count). The van der Waals surface area contributed by atoms with E-state index in [4.69, 9.17) is 14.2 Å². The molecule has 0 radical (unpaired) electrons. The van der Waals surface area contributed by atoms with E-state index in [1.54, 1.807) is 17.0 Å². The lowest BCUT2D eigenvalue weighted by molar-refractivity contribution is 0.0180. The molecule has 0 aliphatic carbocycles. The van der Waals surface area contributed by atoms with Crippen molar-refractivity contribution in [3.8, 4) is 17.2 Å². The standard InChI is InChI=1S/C15H22F2N2O3.2ClH/c1-20-11-8-10(9-12(21-2)14(11)22-3)13(15(16)17)19-6-4-18-5-7-19;;/h8-9,13,15,18H,4-7H2,1-3H3;2*1H/t13-;;/m1../s1. The highest BCUT2D eigenvalue weighted by molar-refractivity contribution is 5.85. The van der Waals surface area contributed by atoms with E-state index in [9.17, 15) is 8.78 Å². The van der Waals surface area contributed by atoms with E-state index in [0.717, 1.165) is 0 Å². The van der Waals surface area contributed by atoms with Crippen LogP contribution in [-0.4, -0.2) is 58.8 Å². The van der Waals surface area contributed by atoms with Crippen LogP contribution in [-0.2, 0) is 0 Å². The molecule has 5 nitrogen and oxygen atoms in total. The van der Waals surface area contributed by atoms with Crippen molar-refractivity contribution in [2.45, 2.75) is 12.5 Å². The highest BCUT2D eigenvalue weighted by Gasteiger charge is 2.31. The molecule has 1 fully saturated rings. The Balaban J connectivity index is 0.00000264. The maximum absolute atomic E-state index is 13.6. The van der Waals surface area contributed by atoms with Crippen molar-refractivity contribution in [1.82, 2.24) is 10.2 Å². The molecule has 1 atom stereocenters. The number of hydrogen-bond acceptors (Lipinski definition) is 5. The fraction of sp³-hybridized carbons (Fsp3) is 0.600. The number of methoxy groups -OCH3 is 3. The summed E-state index contributed by atoms with van der Waals surface area (Å²) in [7, 11) is 4.44. The van der Waals surface area contributed by atoms with Crippen LogP contribution in [0, 0.1) is 0 Å². The molecular formula is C15H24Cl2F2N2O3. The van der Waals surface area contributed by atoms with Crippen molar-refractivity contribution in [2.24, 2.45) is 0 Å². The van der Waals surface area contributed by atoms with Crippen LogP contribution in [0.5, 0.6) is 17.2 Å². The van der Waals surface area contributed by atoms with Crippen molar-refractivity contribution in [2.75, 3.05) is 47.5 Å². The highest BCUT2D eigenvalue weighted by Crippen LogP contribution is 2.41. The Kier molecular flexibility index (Phi) is 10.3. The second-order valence-corrected chi connectivity index (χ2v) is 5.02. The lowest BCUT2D eigenvalue weighted by Crippen LogP contribution is -2.46. The number of ether oxygens (including phenoxy) is 3.